The molecule has 0 radical (unpaired) electrons. The molecule has 0 saturated carbocycles. The van der Waals surface area contributed by atoms with Crippen molar-refractivity contribution in [2.75, 3.05) is 11.4 Å². The quantitative estimate of drug-likeness (QED) is 0.446. The van der Waals surface area contributed by atoms with Gasteiger partial charge in [0.25, 0.3) is 5.69 Å². The molecule has 152 valence electrons. The van der Waals surface area contributed by atoms with Crippen molar-refractivity contribution in [3.05, 3.63) is 69.8 Å². The number of anilines is 1. The van der Waals surface area contributed by atoms with Gasteiger partial charge in [0.2, 0.25) is 11.8 Å². The number of nitro groups is 1. The molecular weight excluding hydrogens is 388 g/mol. The highest BCUT2D eigenvalue weighted by molar-refractivity contribution is 6.20. The molecule has 2 saturated heterocycles. The molecule has 1 spiro atoms. The topological polar surface area (TPSA) is 122 Å². The first kappa shape index (κ1) is 18.3. The first-order valence-electron chi connectivity index (χ1n) is 9.66. The van der Waals surface area contributed by atoms with E-state index in [9.17, 15) is 24.5 Å². The Bertz CT molecular complexity index is 1080. The van der Waals surface area contributed by atoms with Gasteiger partial charge in [0.1, 0.15) is 0 Å². The van der Waals surface area contributed by atoms with Crippen LogP contribution in [0.1, 0.15) is 23.5 Å². The van der Waals surface area contributed by atoms with Crippen LogP contribution in [0.25, 0.3) is 0 Å². The number of nitrogens with one attached hydrogen (secondary N) is 2. The third-order valence-corrected chi connectivity index (χ3v) is 6.46. The molecule has 3 heterocycles. The Morgan fingerprint density at radius 1 is 1.03 bits per heavy atom. The van der Waals surface area contributed by atoms with Crippen molar-refractivity contribution in [3.8, 4) is 0 Å². The summed E-state index contributed by atoms with van der Waals surface area (Å²) in [5.74, 6) is -1.23. The Hall–Kier alpha value is -3.75. The molecule has 4 amide bonds. The summed E-state index contributed by atoms with van der Waals surface area (Å²) in [7, 11) is 0. The molecule has 0 unspecified atom stereocenters. The number of carbonyl (C=O) groups is 3. The summed E-state index contributed by atoms with van der Waals surface area (Å²) < 4.78 is 0. The van der Waals surface area contributed by atoms with Crippen LogP contribution in [0.2, 0.25) is 0 Å². The van der Waals surface area contributed by atoms with Crippen LogP contribution >= 0.6 is 0 Å². The van der Waals surface area contributed by atoms with Gasteiger partial charge in [0.15, 0.2) is 5.41 Å². The largest absolute Gasteiger partial charge is 0.366 e. The van der Waals surface area contributed by atoms with E-state index in [4.69, 9.17) is 0 Å². The summed E-state index contributed by atoms with van der Waals surface area (Å²) in [6, 6.07) is 13.1. The molecule has 30 heavy (non-hydrogen) atoms. The number of urea groups is 1. The molecule has 3 aliphatic rings. The van der Waals surface area contributed by atoms with Crippen molar-refractivity contribution < 1.29 is 19.3 Å². The second-order valence-electron chi connectivity index (χ2n) is 7.97. The second kappa shape index (κ2) is 6.38. The zero-order valence-corrected chi connectivity index (χ0v) is 15.8. The van der Waals surface area contributed by atoms with Gasteiger partial charge in [-0.1, -0.05) is 30.3 Å². The van der Waals surface area contributed by atoms with Crippen LogP contribution in [0, 0.1) is 15.5 Å². The molecule has 2 N–H and O–H groups in total. The molecule has 9 heteroatoms. The van der Waals surface area contributed by atoms with Gasteiger partial charge in [0, 0.05) is 36.7 Å². The highest BCUT2D eigenvalue weighted by Gasteiger charge is 2.62. The van der Waals surface area contributed by atoms with Crippen molar-refractivity contribution in [2.45, 2.75) is 24.8 Å². The van der Waals surface area contributed by atoms with Gasteiger partial charge >= 0.3 is 6.03 Å². The number of nitrogens with zero attached hydrogens (tertiary/aromatic N) is 2. The zero-order chi connectivity index (χ0) is 21.0. The van der Waals surface area contributed by atoms with E-state index >= 15 is 0 Å². The summed E-state index contributed by atoms with van der Waals surface area (Å²) >= 11 is 0. The van der Waals surface area contributed by atoms with Crippen molar-refractivity contribution >= 4 is 29.2 Å². The Balaban J connectivity index is 1.65. The summed E-state index contributed by atoms with van der Waals surface area (Å²) in [5, 5.41) is 15.8. The number of carbonyl (C=O) groups excluding carboxylic acids is 3. The van der Waals surface area contributed by atoms with E-state index < -0.39 is 34.2 Å². The fourth-order valence-corrected chi connectivity index (χ4v) is 5.09. The average Bonchev–Trinajstić information content (AvgIpc) is 3.18. The van der Waals surface area contributed by atoms with Gasteiger partial charge < -0.3 is 4.90 Å². The molecule has 2 fully saturated rings. The van der Waals surface area contributed by atoms with E-state index in [1.807, 2.05) is 35.2 Å². The van der Waals surface area contributed by atoms with Crippen molar-refractivity contribution in [3.63, 3.8) is 0 Å². The number of benzene rings is 2. The van der Waals surface area contributed by atoms with Crippen molar-refractivity contribution in [2.24, 2.45) is 5.41 Å². The minimum absolute atomic E-state index is 0.00234. The van der Waals surface area contributed by atoms with E-state index in [0.29, 0.717) is 18.5 Å². The number of hydrogen-bond donors (Lipinski definition) is 2. The molecule has 0 aromatic heterocycles. The molecule has 2 aromatic carbocycles. The van der Waals surface area contributed by atoms with E-state index in [2.05, 4.69) is 10.6 Å². The molecule has 2 atom stereocenters. The number of nitro benzene ring substituents is 1. The third kappa shape index (κ3) is 2.51. The Labute approximate surface area is 171 Å². The summed E-state index contributed by atoms with van der Waals surface area (Å²) in [5.41, 5.74) is 0.799. The highest BCUT2D eigenvalue weighted by atomic mass is 16.6. The van der Waals surface area contributed by atoms with Gasteiger partial charge in [-0.05, 0) is 23.6 Å². The number of hydrogen-bond acceptors (Lipinski definition) is 6. The number of non-ortho nitro benzene ring substituents is 1. The third-order valence-electron chi connectivity index (χ3n) is 6.46. The maximum Gasteiger partial charge on any atom is 0.328 e. The predicted octanol–water partition coefficient (Wildman–Crippen LogP) is 1.87. The van der Waals surface area contributed by atoms with Gasteiger partial charge in [-0.3, -0.25) is 30.3 Å². The lowest BCUT2D eigenvalue weighted by molar-refractivity contribution is -0.384. The van der Waals surface area contributed by atoms with Crippen LogP contribution in [0.4, 0.5) is 16.2 Å². The zero-order valence-electron chi connectivity index (χ0n) is 15.8. The lowest BCUT2D eigenvalue weighted by Crippen LogP contribution is -2.70. The summed E-state index contributed by atoms with van der Waals surface area (Å²) in [6.45, 7) is 0.565. The summed E-state index contributed by atoms with van der Waals surface area (Å²) in [6.07, 6.45) is 0.549. The Kier molecular flexibility index (Phi) is 3.89. The number of imide groups is 2. The molecule has 2 aromatic rings. The van der Waals surface area contributed by atoms with E-state index in [0.717, 1.165) is 11.3 Å². The Morgan fingerprint density at radius 3 is 2.40 bits per heavy atom. The molecule has 3 aliphatic heterocycles. The second-order valence-corrected chi connectivity index (χ2v) is 7.97. The first-order chi connectivity index (χ1) is 14.4. The van der Waals surface area contributed by atoms with Crippen molar-refractivity contribution in [1.82, 2.24) is 10.6 Å². The van der Waals surface area contributed by atoms with Crippen LogP contribution in [0.3, 0.4) is 0 Å². The average molecular weight is 406 g/mol. The fourth-order valence-electron chi connectivity index (χ4n) is 5.09. The van der Waals surface area contributed by atoms with Crippen LogP contribution in [-0.4, -0.2) is 35.4 Å². The van der Waals surface area contributed by atoms with Crippen LogP contribution in [-0.2, 0) is 16.0 Å². The molecular formula is C21H18N4O5. The first-order valence-corrected chi connectivity index (χ1v) is 9.66. The molecule has 0 aliphatic carbocycles. The van der Waals surface area contributed by atoms with Crippen LogP contribution in [0.5, 0.6) is 0 Å². The lowest BCUT2D eigenvalue weighted by Gasteiger charge is -2.47. The van der Waals surface area contributed by atoms with Crippen molar-refractivity contribution in [1.29, 1.82) is 0 Å². The van der Waals surface area contributed by atoms with Crippen LogP contribution in [0.15, 0.2) is 48.5 Å². The molecule has 9 nitrogen and oxygen atoms in total. The predicted molar refractivity (Wildman–Crippen MR) is 106 cm³/mol. The highest BCUT2D eigenvalue weighted by Crippen LogP contribution is 2.50. The Morgan fingerprint density at radius 2 is 1.73 bits per heavy atom. The minimum atomic E-state index is -1.53. The molecule has 0 bridgehead atoms. The monoisotopic (exact) mass is 406 g/mol. The SMILES string of the molecule is O=C1NC(=O)C2(Cc3cc([N+](=O)[O-])ccc3N3C[C@H](c4ccccc4)C[C@@H]32)C(=O)N1. The lowest BCUT2D eigenvalue weighted by atomic mass is 9.68. The smallest absolute Gasteiger partial charge is 0.328 e. The number of amides is 4. The summed E-state index contributed by atoms with van der Waals surface area (Å²) in [4.78, 5) is 50.6. The number of rotatable bonds is 2. The van der Waals surface area contributed by atoms with Crippen LogP contribution < -0.4 is 15.5 Å². The maximum absolute atomic E-state index is 13.1. The minimum Gasteiger partial charge on any atom is -0.366 e. The molecule has 5 rings (SSSR count). The number of barbiturate groups is 1. The van der Waals surface area contributed by atoms with Gasteiger partial charge in [0.05, 0.1) is 11.0 Å². The van der Waals surface area contributed by atoms with Gasteiger partial charge in [-0.15, -0.1) is 0 Å². The normalized spacial score (nSPS) is 24.1. The van der Waals surface area contributed by atoms with E-state index in [1.165, 1.54) is 12.1 Å². The van der Waals surface area contributed by atoms with E-state index in [1.54, 1.807) is 6.07 Å². The fraction of sp³-hybridized carbons (Fsp3) is 0.286. The number of fused-ring (bicyclic) bond motifs is 4. The van der Waals surface area contributed by atoms with Gasteiger partial charge in [-0.25, -0.2) is 4.79 Å². The standard InChI is InChI=1S/C21H18N4O5/c26-18-21(19(27)23-20(28)22-18)10-13-8-15(25(29)30)6-7-16(13)24-11-14(9-17(21)24)12-4-2-1-3-5-12/h1-8,14,17H,9-11H2,(H2,22,23,26,27,28)/t14-,17-/m1/s1. The maximum atomic E-state index is 13.1. The van der Waals surface area contributed by atoms with E-state index in [-0.39, 0.29) is 18.0 Å². The van der Waals surface area contributed by atoms with Gasteiger partial charge in [-0.2, -0.15) is 0 Å².